The van der Waals surface area contributed by atoms with E-state index in [1.807, 2.05) is 7.11 Å². The van der Waals surface area contributed by atoms with Crippen LogP contribution < -0.4 is 5.73 Å². The lowest BCUT2D eigenvalue weighted by Crippen LogP contribution is -2.52. The maximum Gasteiger partial charge on any atom is 0.0777 e. The Labute approximate surface area is 99.3 Å². The van der Waals surface area contributed by atoms with Crippen LogP contribution in [0.4, 0.5) is 0 Å². The summed E-state index contributed by atoms with van der Waals surface area (Å²) in [5.74, 6) is 0. The molecule has 2 N–H and O–H groups in total. The van der Waals surface area contributed by atoms with Crippen LogP contribution in [0.2, 0.25) is 0 Å². The second kappa shape index (κ2) is 5.03. The SMILES string of the molecule is COC1(C)CCCN(C2CCC(N)CC2)C1. The second-order valence-electron chi connectivity index (χ2n) is 5.80. The molecule has 3 heteroatoms. The summed E-state index contributed by atoms with van der Waals surface area (Å²) < 4.78 is 5.65. The van der Waals surface area contributed by atoms with Crippen LogP contribution in [0.3, 0.4) is 0 Å². The van der Waals surface area contributed by atoms with Gasteiger partial charge in [-0.05, 0) is 52.0 Å². The predicted molar refractivity (Wildman–Crippen MR) is 66.5 cm³/mol. The molecule has 1 saturated heterocycles. The highest BCUT2D eigenvalue weighted by Crippen LogP contribution is 2.29. The van der Waals surface area contributed by atoms with Crippen LogP contribution in [0.1, 0.15) is 45.4 Å². The smallest absolute Gasteiger partial charge is 0.0777 e. The highest BCUT2D eigenvalue weighted by atomic mass is 16.5. The summed E-state index contributed by atoms with van der Waals surface area (Å²) in [6.45, 7) is 4.59. The molecule has 2 aliphatic rings. The summed E-state index contributed by atoms with van der Waals surface area (Å²) in [6.07, 6.45) is 7.43. The highest BCUT2D eigenvalue weighted by Gasteiger charge is 2.34. The van der Waals surface area contributed by atoms with Crippen LogP contribution in [0, 0.1) is 0 Å². The van der Waals surface area contributed by atoms with E-state index < -0.39 is 0 Å². The van der Waals surface area contributed by atoms with Gasteiger partial charge in [-0.25, -0.2) is 0 Å². The molecule has 16 heavy (non-hydrogen) atoms. The maximum atomic E-state index is 5.96. The number of methoxy groups -OCH3 is 1. The van der Waals surface area contributed by atoms with Crippen molar-refractivity contribution in [3.8, 4) is 0 Å². The van der Waals surface area contributed by atoms with Crippen LogP contribution in [0.25, 0.3) is 0 Å². The van der Waals surface area contributed by atoms with Gasteiger partial charge < -0.3 is 10.5 Å². The first-order valence-corrected chi connectivity index (χ1v) is 6.68. The van der Waals surface area contributed by atoms with Crippen LogP contribution in [-0.4, -0.2) is 42.8 Å². The van der Waals surface area contributed by atoms with Gasteiger partial charge in [0.05, 0.1) is 5.60 Å². The van der Waals surface area contributed by atoms with E-state index in [1.54, 1.807) is 0 Å². The Morgan fingerprint density at radius 2 is 1.94 bits per heavy atom. The molecule has 94 valence electrons. The standard InChI is InChI=1S/C13H26N2O/c1-13(16-2)8-3-9-15(10-13)12-6-4-11(14)5-7-12/h11-12H,3-10,14H2,1-2H3. The minimum absolute atomic E-state index is 0.0812. The van der Waals surface area contributed by atoms with Gasteiger partial charge in [0, 0.05) is 25.7 Å². The molecule has 2 rings (SSSR count). The van der Waals surface area contributed by atoms with Gasteiger partial charge in [0.1, 0.15) is 0 Å². The monoisotopic (exact) mass is 226 g/mol. The van der Waals surface area contributed by atoms with Crippen LogP contribution in [0.5, 0.6) is 0 Å². The maximum absolute atomic E-state index is 5.96. The number of rotatable bonds is 2. The molecular formula is C13H26N2O. The largest absolute Gasteiger partial charge is 0.377 e. The molecule has 1 aliphatic carbocycles. The fraction of sp³-hybridized carbons (Fsp3) is 1.00. The van der Waals surface area contributed by atoms with Crippen LogP contribution >= 0.6 is 0 Å². The number of hydrogen-bond acceptors (Lipinski definition) is 3. The van der Waals surface area contributed by atoms with E-state index in [-0.39, 0.29) is 5.60 Å². The van der Waals surface area contributed by atoms with Gasteiger partial charge >= 0.3 is 0 Å². The Morgan fingerprint density at radius 3 is 2.56 bits per heavy atom. The highest BCUT2D eigenvalue weighted by molar-refractivity contribution is 4.90. The van der Waals surface area contributed by atoms with Gasteiger partial charge in [-0.3, -0.25) is 4.90 Å². The summed E-state index contributed by atoms with van der Waals surface area (Å²) in [6, 6.07) is 1.21. The van der Waals surface area contributed by atoms with E-state index in [0.717, 1.165) is 12.6 Å². The van der Waals surface area contributed by atoms with Crippen LogP contribution in [0.15, 0.2) is 0 Å². The molecule has 1 heterocycles. The number of nitrogens with zero attached hydrogens (tertiary/aromatic N) is 1. The summed E-state index contributed by atoms with van der Waals surface area (Å²) in [4.78, 5) is 2.64. The molecule has 2 fully saturated rings. The Morgan fingerprint density at radius 1 is 1.25 bits per heavy atom. The summed E-state index contributed by atoms with van der Waals surface area (Å²) in [5.41, 5.74) is 6.04. The molecule has 0 aromatic rings. The van der Waals surface area contributed by atoms with E-state index in [9.17, 15) is 0 Å². The molecule has 1 aliphatic heterocycles. The van der Waals surface area contributed by atoms with E-state index >= 15 is 0 Å². The molecule has 0 aromatic carbocycles. The first-order chi connectivity index (χ1) is 7.63. The van der Waals surface area contributed by atoms with E-state index in [1.165, 1.54) is 45.1 Å². The average molecular weight is 226 g/mol. The van der Waals surface area contributed by atoms with Crippen molar-refractivity contribution in [3.63, 3.8) is 0 Å². The van der Waals surface area contributed by atoms with Gasteiger partial charge in [-0.2, -0.15) is 0 Å². The summed E-state index contributed by atoms with van der Waals surface area (Å²) >= 11 is 0. The molecule has 0 spiro atoms. The zero-order chi connectivity index (χ0) is 11.6. The molecule has 0 bridgehead atoms. The van der Waals surface area contributed by atoms with Crippen molar-refractivity contribution in [1.29, 1.82) is 0 Å². The molecule has 0 aromatic heterocycles. The van der Waals surface area contributed by atoms with E-state index in [0.29, 0.717) is 6.04 Å². The number of nitrogens with two attached hydrogens (primary N) is 1. The second-order valence-corrected chi connectivity index (χ2v) is 5.80. The van der Waals surface area contributed by atoms with E-state index in [2.05, 4.69) is 11.8 Å². The van der Waals surface area contributed by atoms with Crippen LogP contribution in [-0.2, 0) is 4.74 Å². The average Bonchev–Trinajstić information content (AvgIpc) is 2.30. The lowest BCUT2D eigenvalue weighted by molar-refractivity contribution is -0.0650. The quantitative estimate of drug-likeness (QED) is 0.779. The fourth-order valence-electron chi connectivity index (χ4n) is 3.19. The molecule has 3 nitrogen and oxygen atoms in total. The third-order valence-corrected chi connectivity index (χ3v) is 4.44. The Bertz CT molecular complexity index is 226. The molecule has 0 amide bonds. The molecule has 1 saturated carbocycles. The normalized spacial score (nSPS) is 42.2. The number of likely N-dealkylation sites (tertiary alicyclic amines) is 1. The molecule has 0 radical (unpaired) electrons. The summed E-state index contributed by atoms with van der Waals surface area (Å²) in [7, 11) is 1.85. The molecule has 1 atom stereocenters. The third-order valence-electron chi connectivity index (χ3n) is 4.44. The van der Waals surface area contributed by atoms with Gasteiger partial charge in [0.2, 0.25) is 0 Å². The van der Waals surface area contributed by atoms with Crippen molar-refractivity contribution in [2.24, 2.45) is 5.73 Å². The lowest BCUT2D eigenvalue weighted by atomic mass is 9.87. The van der Waals surface area contributed by atoms with Gasteiger partial charge in [-0.1, -0.05) is 0 Å². The van der Waals surface area contributed by atoms with Crippen molar-refractivity contribution in [3.05, 3.63) is 0 Å². The van der Waals surface area contributed by atoms with Gasteiger partial charge in [0.25, 0.3) is 0 Å². The number of hydrogen-bond donors (Lipinski definition) is 1. The van der Waals surface area contributed by atoms with Crippen molar-refractivity contribution >= 4 is 0 Å². The molecule has 1 unspecified atom stereocenters. The zero-order valence-corrected chi connectivity index (χ0v) is 10.7. The zero-order valence-electron chi connectivity index (χ0n) is 10.7. The minimum Gasteiger partial charge on any atom is -0.377 e. The van der Waals surface area contributed by atoms with E-state index in [4.69, 9.17) is 10.5 Å². The van der Waals surface area contributed by atoms with Crippen molar-refractivity contribution in [1.82, 2.24) is 4.90 Å². The summed E-state index contributed by atoms with van der Waals surface area (Å²) in [5, 5.41) is 0. The first-order valence-electron chi connectivity index (χ1n) is 6.68. The Kier molecular flexibility index (Phi) is 3.88. The van der Waals surface area contributed by atoms with Crippen molar-refractivity contribution in [2.75, 3.05) is 20.2 Å². The fourth-order valence-corrected chi connectivity index (χ4v) is 3.19. The first kappa shape index (κ1) is 12.3. The predicted octanol–water partition coefficient (Wildman–Crippen LogP) is 1.76. The minimum atomic E-state index is 0.0812. The van der Waals surface area contributed by atoms with Gasteiger partial charge in [-0.15, -0.1) is 0 Å². The van der Waals surface area contributed by atoms with Gasteiger partial charge in [0.15, 0.2) is 0 Å². The van der Waals surface area contributed by atoms with Crippen molar-refractivity contribution < 1.29 is 4.74 Å². The molecular weight excluding hydrogens is 200 g/mol. The number of piperidine rings is 1. The topological polar surface area (TPSA) is 38.5 Å². The lowest BCUT2D eigenvalue weighted by Gasteiger charge is -2.44. The number of ether oxygens (including phenoxy) is 1. The third kappa shape index (κ3) is 2.76. The Balaban J connectivity index is 1.89. The Hall–Kier alpha value is -0.120. The van der Waals surface area contributed by atoms with Crippen molar-refractivity contribution in [2.45, 2.75) is 63.1 Å².